The number of urea groups is 1. The molecule has 0 fully saturated rings. The van der Waals surface area contributed by atoms with Crippen LogP contribution in [-0.2, 0) is 14.3 Å². The van der Waals surface area contributed by atoms with Crippen LogP contribution in [0, 0.1) is 0 Å². The first-order valence-corrected chi connectivity index (χ1v) is 6.06. The van der Waals surface area contributed by atoms with Crippen LogP contribution >= 0.6 is 0 Å². The lowest BCUT2D eigenvalue weighted by Crippen LogP contribution is -2.37. The Bertz CT molecular complexity index is 513. The fourth-order valence-electron chi connectivity index (χ4n) is 1.40. The number of carboxylic acid groups (broad SMARTS) is 1. The van der Waals surface area contributed by atoms with Crippen molar-refractivity contribution < 1.29 is 24.2 Å². The average molecular weight is 295 g/mol. The third-order valence-electron chi connectivity index (χ3n) is 2.35. The molecule has 114 valence electrons. The molecule has 0 spiro atoms. The second-order valence-electron chi connectivity index (χ2n) is 4.33. The molecular weight excluding hydrogens is 278 g/mol. The van der Waals surface area contributed by atoms with E-state index in [1.165, 1.54) is 0 Å². The molecule has 3 N–H and O–H groups in total. The Morgan fingerprint density at radius 1 is 1.14 bits per heavy atom. The molecule has 0 aromatic heterocycles. The number of carbonyl (C=O) groups excluding carboxylic acids is 2. The van der Waals surface area contributed by atoms with Crippen molar-refractivity contribution >= 4 is 29.3 Å². The van der Waals surface area contributed by atoms with E-state index in [1.54, 1.807) is 12.1 Å². The molecule has 3 amide bonds. The van der Waals surface area contributed by atoms with Gasteiger partial charge in [0, 0.05) is 25.5 Å². The molecule has 1 rings (SSSR count). The van der Waals surface area contributed by atoms with Crippen molar-refractivity contribution in [1.29, 1.82) is 0 Å². The number of amides is 3. The fourth-order valence-corrected chi connectivity index (χ4v) is 1.40. The van der Waals surface area contributed by atoms with Crippen LogP contribution in [0.1, 0.15) is 0 Å². The van der Waals surface area contributed by atoms with Gasteiger partial charge in [-0.05, 0) is 24.3 Å². The van der Waals surface area contributed by atoms with Gasteiger partial charge in [-0.2, -0.15) is 0 Å². The van der Waals surface area contributed by atoms with Crippen LogP contribution in [0.2, 0.25) is 0 Å². The molecule has 21 heavy (non-hydrogen) atoms. The smallest absolute Gasteiger partial charge is 0.329 e. The Labute approximate surface area is 121 Å². The predicted molar refractivity (Wildman–Crippen MR) is 76.4 cm³/mol. The monoisotopic (exact) mass is 295 g/mol. The van der Waals surface area contributed by atoms with Crippen molar-refractivity contribution in [3.05, 3.63) is 24.3 Å². The minimum atomic E-state index is -1.19. The van der Waals surface area contributed by atoms with E-state index in [4.69, 9.17) is 5.11 Å². The lowest BCUT2D eigenvalue weighted by atomic mass is 10.2. The number of nitrogens with zero attached hydrogens (tertiary/aromatic N) is 1. The molecule has 0 unspecified atom stereocenters. The van der Waals surface area contributed by atoms with Crippen LogP contribution in [-0.4, -0.2) is 50.3 Å². The number of hydrogen-bond acceptors (Lipinski definition) is 5. The molecule has 0 atom stereocenters. The van der Waals surface area contributed by atoms with Crippen molar-refractivity contribution in [2.24, 2.45) is 0 Å². The van der Waals surface area contributed by atoms with Gasteiger partial charge in [0.1, 0.15) is 13.2 Å². The minimum absolute atomic E-state index is 0.501. The molecule has 1 aromatic rings. The standard InChI is InChI=1S/C13H17N3O5/c1-16(2)10-5-3-9(4-6-10)14-13(20)15-11(17)7-21-8-12(18)19/h3-6H,7-8H2,1-2H3,(H,18,19)(H2,14,15,17,20). The SMILES string of the molecule is CN(C)c1ccc(NC(=O)NC(=O)COCC(=O)O)cc1. The fraction of sp³-hybridized carbons (Fsp3) is 0.308. The van der Waals surface area contributed by atoms with Crippen molar-refractivity contribution in [1.82, 2.24) is 5.32 Å². The first-order valence-electron chi connectivity index (χ1n) is 6.06. The van der Waals surface area contributed by atoms with Gasteiger partial charge in [0.2, 0.25) is 0 Å². The molecule has 0 aliphatic carbocycles. The topological polar surface area (TPSA) is 108 Å². The van der Waals surface area contributed by atoms with Gasteiger partial charge in [-0.25, -0.2) is 9.59 Å². The molecule has 0 saturated carbocycles. The highest BCUT2D eigenvalue weighted by Crippen LogP contribution is 2.15. The zero-order valence-corrected chi connectivity index (χ0v) is 11.8. The second kappa shape index (κ2) is 7.85. The predicted octanol–water partition coefficient (Wildman–Crippen LogP) is 0.502. The highest BCUT2D eigenvalue weighted by molar-refractivity contribution is 6.01. The van der Waals surface area contributed by atoms with Gasteiger partial charge in [0.05, 0.1) is 0 Å². The van der Waals surface area contributed by atoms with Gasteiger partial charge in [0.25, 0.3) is 5.91 Å². The molecule has 0 aliphatic heterocycles. The summed E-state index contributed by atoms with van der Waals surface area (Å²) in [4.78, 5) is 34.9. The minimum Gasteiger partial charge on any atom is -0.480 e. The van der Waals surface area contributed by atoms with E-state index >= 15 is 0 Å². The van der Waals surface area contributed by atoms with Crippen LogP contribution in [0.3, 0.4) is 0 Å². The third-order valence-corrected chi connectivity index (χ3v) is 2.35. The van der Waals surface area contributed by atoms with Gasteiger partial charge in [0.15, 0.2) is 0 Å². The maximum absolute atomic E-state index is 11.5. The summed E-state index contributed by atoms with van der Waals surface area (Å²) in [5.41, 5.74) is 1.50. The van der Waals surface area contributed by atoms with Crippen molar-refractivity contribution in [3.8, 4) is 0 Å². The highest BCUT2D eigenvalue weighted by atomic mass is 16.5. The zero-order chi connectivity index (χ0) is 15.8. The molecular formula is C13H17N3O5. The highest BCUT2D eigenvalue weighted by Gasteiger charge is 2.09. The van der Waals surface area contributed by atoms with Gasteiger partial charge in [-0.3, -0.25) is 10.1 Å². The quantitative estimate of drug-likeness (QED) is 0.705. The lowest BCUT2D eigenvalue weighted by molar-refractivity contribution is -0.143. The first kappa shape index (κ1) is 16.4. The Balaban J connectivity index is 2.39. The van der Waals surface area contributed by atoms with Gasteiger partial charge >= 0.3 is 12.0 Å². The number of carbonyl (C=O) groups is 3. The van der Waals surface area contributed by atoms with E-state index in [2.05, 4.69) is 10.1 Å². The number of nitrogens with one attached hydrogen (secondary N) is 2. The maximum Gasteiger partial charge on any atom is 0.329 e. The largest absolute Gasteiger partial charge is 0.480 e. The van der Waals surface area contributed by atoms with E-state index < -0.39 is 31.1 Å². The maximum atomic E-state index is 11.5. The Kier molecular flexibility index (Phi) is 6.15. The number of aliphatic carboxylic acids is 1. The van der Waals surface area contributed by atoms with Gasteiger partial charge < -0.3 is 20.1 Å². The summed E-state index contributed by atoms with van der Waals surface area (Å²) in [7, 11) is 3.79. The van der Waals surface area contributed by atoms with Crippen LogP contribution in [0.15, 0.2) is 24.3 Å². The van der Waals surface area contributed by atoms with E-state index in [9.17, 15) is 14.4 Å². The van der Waals surface area contributed by atoms with Crippen molar-refractivity contribution in [2.45, 2.75) is 0 Å². The summed E-state index contributed by atoms with van der Waals surface area (Å²) >= 11 is 0. The number of anilines is 2. The lowest BCUT2D eigenvalue weighted by Gasteiger charge is -2.13. The first-order chi connectivity index (χ1) is 9.88. The average Bonchev–Trinajstić information content (AvgIpc) is 2.38. The summed E-state index contributed by atoms with van der Waals surface area (Å²) in [6, 6.07) is 6.30. The third kappa shape index (κ3) is 6.39. The van der Waals surface area contributed by atoms with Crippen molar-refractivity contribution in [2.75, 3.05) is 37.5 Å². The Morgan fingerprint density at radius 2 is 1.76 bits per heavy atom. The second-order valence-corrected chi connectivity index (χ2v) is 4.33. The summed E-state index contributed by atoms with van der Waals surface area (Å²) in [6.45, 7) is -1.10. The number of carboxylic acids is 1. The van der Waals surface area contributed by atoms with Crippen LogP contribution in [0.5, 0.6) is 0 Å². The number of ether oxygens (including phenoxy) is 1. The number of hydrogen-bond donors (Lipinski definition) is 3. The Morgan fingerprint density at radius 3 is 2.29 bits per heavy atom. The number of benzene rings is 1. The number of imide groups is 1. The molecule has 0 saturated heterocycles. The molecule has 8 heteroatoms. The molecule has 0 aliphatic rings. The molecule has 0 heterocycles. The van der Waals surface area contributed by atoms with Gasteiger partial charge in [-0.1, -0.05) is 0 Å². The normalized spacial score (nSPS) is 9.81. The van der Waals surface area contributed by atoms with Crippen LogP contribution in [0.25, 0.3) is 0 Å². The van der Waals surface area contributed by atoms with E-state index in [0.29, 0.717) is 5.69 Å². The molecule has 0 bridgehead atoms. The van der Waals surface area contributed by atoms with Crippen LogP contribution < -0.4 is 15.5 Å². The Hall–Kier alpha value is -2.61. The molecule has 8 nitrogen and oxygen atoms in total. The number of rotatable bonds is 6. The van der Waals surface area contributed by atoms with E-state index in [-0.39, 0.29) is 0 Å². The summed E-state index contributed by atoms with van der Waals surface area (Å²) < 4.78 is 4.55. The van der Waals surface area contributed by atoms with Crippen LogP contribution in [0.4, 0.5) is 16.2 Å². The molecule has 1 aromatic carbocycles. The van der Waals surface area contributed by atoms with E-state index in [0.717, 1.165) is 5.69 Å². The van der Waals surface area contributed by atoms with Gasteiger partial charge in [-0.15, -0.1) is 0 Å². The van der Waals surface area contributed by atoms with E-state index in [1.807, 2.05) is 36.4 Å². The van der Waals surface area contributed by atoms with Crippen molar-refractivity contribution in [3.63, 3.8) is 0 Å². The zero-order valence-electron chi connectivity index (χ0n) is 11.8. The summed E-state index contributed by atoms with van der Waals surface area (Å²) in [6.07, 6.45) is 0. The summed E-state index contributed by atoms with van der Waals surface area (Å²) in [5, 5.41) is 12.8. The molecule has 0 radical (unpaired) electrons. The summed E-state index contributed by atoms with van der Waals surface area (Å²) in [5.74, 6) is -1.91.